The highest BCUT2D eigenvalue weighted by Crippen LogP contribution is 2.37. The fraction of sp³-hybridized carbons (Fsp3) is 0. The summed E-state index contributed by atoms with van der Waals surface area (Å²) in [5.74, 6) is -1.56. The molecule has 128 valence electrons. The number of H-pyrrole nitrogens is 1. The van der Waals surface area contributed by atoms with E-state index in [1.807, 2.05) is 0 Å². The molecule has 0 bridgehead atoms. The van der Waals surface area contributed by atoms with Gasteiger partial charge >= 0.3 is 5.97 Å². The minimum Gasteiger partial charge on any atom is -0.493 e. The Morgan fingerprint density at radius 2 is 1.80 bits per heavy atom. The summed E-state index contributed by atoms with van der Waals surface area (Å²) < 4.78 is 31.6. The van der Waals surface area contributed by atoms with Crippen molar-refractivity contribution in [3.63, 3.8) is 0 Å². The maximum absolute atomic E-state index is 11.3. The number of aromatic hydroxyl groups is 1. The molecule has 0 aliphatic carbocycles. The van der Waals surface area contributed by atoms with Gasteiger partial charge < -0.3 is 15.2 Å². The van der Waals surface area contributed by atoms with E-state index in [0.29, 0.717) is 5.52 Å². The fourth-order valence-electron chi connectivity index (χ4n) is 2.25. The zero-order valence-electron chi connectivity index (χ0n) is 12.4. The monoisotopic (exact) mass is 361 g/mol. The van der Waals surface area contributed by atoms with Crippen molar-refractivity contribution in [3.8, 4) is 5.88 Å². The van der Waals surface area contributed by atoms with Crippen LogP contribution in [0.3, 0.4) is 0 Å². The van der Waals surface area contributed by atoms with Crippen molar-refractivity contribution in [1.82, 2.24) is 4.98 Å². The van der Waals surface area contributed by atoms with E-state index in [-0.39, 0.29) is 33.1 Å². The molecular formula is C15H11N3O6S. The summed E-state index contributed by atoms with van der Waals surface area (Å²) in [4.78, 5) is 13.4. The third-order valence-corrected chi connectivity index (χ3v) is 4.26. The molecular weight excluding hydrogens is 350 g/mol. The summed E-state index contributed by atoms with van der Waals surface area (Å²) in [6, 6.07) is 9.52. The summed E-state index contributed by atoms with van der Waals surface area (Å²) in [7, 11) is -4.43. The van der Waals surface area contributed by atoms with E-state index >= 15 is 0 Å². The molecule has 25 heavy (non-hydrogen) atoms. The van der Waals surface area contributed by atoms with Gasteiger partial charge in [-0.15, -0.1) is 10.2 Å². The largest absolute Gasteiger partial charge is 0.493 e. The summed E-state index contributed by atoms with van der Waals surface area (Å²) in [6.45, 7) is 0. The number of rotatable bonds is 4. The lowest BCUT2D eigenvalue weighted by molar-refractivity contribution is 0.0697. The highest BCUT2D eigenvalue weighted by molar-refractivity contribution is 7.85. The van der Waals surface area contributed by atoms with Gasteiger partial charge in [0.15, 0.2) is 5.69 Å². The molecule has 1 aromatic heterocycles. The van der Waals surface area contributed by atoms with Crippen molar-refractivity contribution in [2.45, 2.75) is 4.90 Å². The molecule has 0 unspecified atom stereocenters. The van der Waals surface area contributed by atoms with Crippen molar-refractivity contribution < 1.29 is 28.0 Å². The Balaban J connectivity index is 2.13. The Bertz CT molecular complexity index is 1120. The Labute approximate surface area is 141 Å². The molecule has 2 aromatic carbocycles. The van der Waals surface area contributed by atoms with Crippen LogP contribution in [0.25, 0.3) is 10.9 Å². The van der Waals surface area contributed by atoms with E-state index in [0.717, 1.165) is 12.1 Å². The average Bonchev–Trinajstić information content (AvgIpc) is 2.86. The minimum absolute atomic E-state index is 0.0645. The molecule has 0 aliphatic rings. The first-order valence-corrected chi connectivity index (χ1v) is 8.27. The molecule has 0 spiro atoms. The van der Waals surface area contributed by atoms with Gasteiger partial charge in [0, 0.05) is 5.39 Å². The topological polar surface area (TPSA) is 152 Å². The molecule has 0 atom stereocenters. The van der Waals surface area contributed by atoms with Crippen LogP contribution in [0.5, 0.6) is 5.88 Å². The van der Waals surface area contributed by atoms with E-state index in [2.05, 4.69) is 15.2 Å². The minimum atomic E-state index is -4.43. The SMILES string of the molecule is O=C(O)c1ccccc1N=Nc1c(O)[nH]c2ccc(S(=O)(=O)O)cc12. The highest BCUT2D eigenvalue weighted by Gasteiger charge is 2.16. The van der Waals surface area contributed by atoms with Gasteiger partial charge in [-0.05, 0) is 30.3 Å². The van der Waals surface area contributed by atoms with Gasteiger partial charge in [-0.2, -0.15) is 8.42 Å². The fourth-order valence-corrected chi connectivity index (χ4v) is 2.76. The van der Waals surface area contributed by atoms with E-state index in [1.54, 1.807) is 6.07 Å². The van der Waals surface area contributed by atoms with Crippen LogP contribution in [0, 0.1) is 0 Å². The van der Waals surface area contributed by atoms with Crippen LogP contribution >= 0.6 is 0 Å². The lowest BCUT2D eigenvalue weighted by Crippen LogP contribution is -1.97. The first kappa shape index (κ1) is 16.6. The number of benzene rings is 2. The lowest BCUT2D eigenvalue weighted by Gasteiger charge is -1.99. The van der Waals surface area contributed by atoms with Gasteiger partial charge in [0.2, 0.25) is 5.88 Å². The molecule has 3 aromatic rings. The molecule has 4 N–H and O–H groups in total. The number of nitrogens with one attached hydrogen (secondary N) is 1. The number of fused-ring (bicyclic) bond motifs is 1. The van der Waals surface area contributed by atoms with Crippen LogP contribution in [0.4, 0.5) is 11.4 Å². The number of carboxylic acids is 1. The van der Waals surface area contributed by atoms with Crippen molar-refractivity contribution in [3.05, 3.63) is 48.0 Å². The van der Waals surface area contributed by atoms with Gasteiger partial charge in [0.25, 0.3) is 10.1 Å². The lowest BCUT2D eigenvalue weighted by atomic mass is 10.2. The predicted octanol–water partition coefficient (Wildman–Crippen LogP) is 3.23. The molecule has 10 heteroatoms. The summed E-state index contributed by atoms with van der Waals surface area (Å²) >= 11 is 0. The molecule has 3 rings (SSSR count). The summed E-state index contributed by atoms with van der Waals surface area (Å²) in [5, 5.41) is 26.9. The van der Waals surface area contributed by atoms with Crippen LogP contribution in [0.1, 0.15) is 10.4 Å². The van der Waals surface area contributed by atoms with Gasteiger partial charge in [-0.3, -0.25) is 4.55 Å². The van der Waals surface area contributed by atoms with Crippen molar-refractivity contribution >= 4 is 38.4 Å². The standard InChI is InChI=1S/C15H11N3O6S/c19-14-13(18-17-12-4-2-1-3-9(12)15(20)21)10-7-8(25(22,23)24)5-6-11(10)16-14/h1-7,16,19H,(H,20,21)(H,22,23,24). The van der Waals surface area contributed by atoms with E-state index in [1.165, 1.54) is 24.3 Å². The quantitative estimate of drug-likeness (QED) is 0.413. The van der Waals surface area contributed by atoms with E-state index in [4.69, 9.17) is 9.66 Å². The number of aromatic amines is 1. The number of nitrogens with zero attached hydrogens (tertiary/aromatic N) is 2. The maximum Gasteiger partial charge on any atom is 0.337 e. The molecule has 0 saturated carbocycles. The third kappa shape index (κ3) is 3.20. The summed E-state index contributed by atoms with van der Waals surface area (Å²) in [5.41, 5.74) is 0.268. The Kier molecular flexibility index (Phi) is 3.99. The number of aromatic nitrogens is 1. The van der Waals surface area contributed by atoms with Crippen LogP contribution in [-0.2, 0) is 10.1 Å². The average molecular weight is 361 g/mol. The van der Waals surface area contributed by atoms with Gasteiger partial charge in [-0.25, -0.2) is 4.79 Å². The van der Waals surface area contributed by atoms with Crippen molar-refractivity contribution in [2.75, 3.05) is 0 Å². The number of carbonyl (C=O) groups is 1. The molecule has 0 radical (unpaired) electrons. The number of carboxylic acid groups (broad SMARTS) is 1. The number of hydrogen-bond acceptors (Lipinski definition) is 6. The highest BCUT2D eigenvalue weighted by atomic mass is 32.2. The Morgan fingerprint density at radius 1 is 1.08 bits per heavy atom. The second-order valence-corrected chi connectivity index (χ2v) is 6.45. The molecule has 0 amide bonds. The zero-order valence-corrected chi connectivity index (χ0v) is 13.2. The smallest absolute Gasteiger partial charge is 0.337 e. The van der Waals surface area contributed by atoms with Gasteiger partial charge in [-0.1, -0.05) is 12.1 Å². The van der Waals surface area contributed by atoms with E-state index < -0.39 is 16.1 Å². The van der Waals surface area contributed by atoms with Crippen molar-refractivity contribution in [2.24, 2.45) is 10.2 Å². The first-order valence-electron chi connectivity index (χ1n) is 6.83. The second-order valence-electron chi connectivity index (χ2n) is 5.03. The number of azo groups is 1. The molecule has 0 fully saturated rings. The molecule has 9 nitrogen and oxygen atoms in total. The van der Waals surface area contributed by atoms with Crippen LogP contribution in [0.2, 0.25) is 0 Å². The second kappa shape index (κ2) is 6.00. The maximum atomic E-state index is 11.3. The normalized spacial score (nSPS) is 12.0. The van der Waals surface area contributed by atoms with Gasteiger partial charge in [0.1, 0.15) is 5.69 Å². The molecule has 1 heterocycles. The zero-order chi connectivity index (χ0) is 18.2. The van der Waals surface area contributed by atoms with Crippen molar-refractivity contribution in [1.29, 1.82) is 0 Å². The third-order valence-electron chi connectivity index (χ3n) is 3.41. The van der Waals surface area contributed by atoms with Crippen LogP contribution in [0.15, 0.2) is 57.6 Å². The Hall–Kier alpha value is -3.24. The molecule has 0 aliphatic heterocycles. The van der Waals surface area contributed by atoms with Crippen LogP contribution < -0.4 is 0 Å². The van der Waals surface area contributed by atoms with Crippen LogP contribution in [-0.4, -0.2) is 34.1 Å². The number of hydrogen-bond donors (Lipinski definition) is 4. The van der Waals surface area contributed by atoms with E-state index in [9.17, 15) is 18.3 Å². The summed E-state index contributed by atoms with van der Waals surface area (Å²) in [6.07, 6.45) is 0. The first-order chi connectivity index (χ1) is 11.8. The Morgan fingerprint density at radius 3 is 2.48 bits per heavy atom. The molecule has 0 saturated heterocycles. The van der Waals surface area contributed by atoms with Gasteiger partial charge in [0.05, 0.1) is 16.0 Å². The predicted molar refractivity (Wildman–Crippen MR) is 87.4 cm³/mol. The number of aromatic carboxylic acids is 1.